The number of carbonyl (C=O) groups is 1. The highest BCUT2D eigenvalue weighted by molar-refractivity contribution is 7.20. The molecular formula is C25H19ClFN3O5S. The van der Waals surface area contributed by atoms with Crippen molar-refractivity contribution >= 4 is 50.8 Å². The van der Waals surface area contributed by atoms with Crippen molar-refractivity contribution < 1.29 is 23.6 Å². The molecule has 0 saturated carbocycles. The lowest BCUT2D eigenvalue weighted by Gasteiger charge is -2.14. The number of amides is 1. The molecule has 36 heavy (non-hydrogen) atoms. The summed E-state index contributed by atoms with van der Waals surface area (Å²) >= 11 is 7.61. The van der Waals surface area contributed by atoms with Crippen molar-refractivity contribution in [1.29, 1.82) is 0 Å². The number of nitro benzene ring substituents is 1. The van der Waals surface area contributed by atoms with Crippen LogP contribution in [0.25, 0.3) is 10.1 Å². The van der Waals surface area contributed by atoms with Gasteiger partial charge in [0.25, 0.3) is 11.6 Å². The Bertz CT molecular complexity index is 1470. The number of hydrogen-bond donors (Lipinski definition) is 1. The van der Waals surface area contributed by atoms with Crippen LogP contribution in [0.2, 0.25) is 5.02 Å². The van der Waals surface area contributed by atoms with Crippen LogP contribution in [-0.4, -0.2) is 23.7 Å². The highest BCUT2D eigenvalue weighted by Crippen LogP contribution is 2.37. The number of carbonyl (C=O) groups excluding carboxylic acids is 1. The quantitative estimate of drug-likeness (QED) is 0.155. The average molecular weight is 528 g/mol. The highest BCUT2D eigenvalue weighted by atomic mass is 35.5. The lowest BCUT2D eigenvalue weighted by Crippen LogP contribution is -2.16. The van der Waals surface area contributed by atoms with Gasteiger partial charge < -0.3 is 9.47 Å². The Kier molecular flexibility index (Phi) is 7.77. The van der Waals surface area contributed by atoms with E-state index in [-0.39, 0.29) is 23.1 Å². The topological polar surface area (TPSA) is 103 Å². The minimum absolute atomic E-state index is 0.0457. The molecule has 0 unspecified atom stereocenters. The van der Waals surface area contributed by atoms with Crippen LogP contribution in [0.1, 0.15) is 27.7 Å². The average Bonchev–Trinajstić information content (AvgIpc) is 3.27. The molecule has 1 amide bonds. The predicted molar refractivity (Wildman–Crippen MR) is 137 cm³/mol. The second kappa shape index (κ2) is 11.1. The summed E-state index contributed by atoms with van der Waals surface area (Å²) < 4.78 is 25.6. The largest absolute Gasteiger partial charge is 0.490 e. The number of halogens is 2. The molecule has 184 valence electrons. The Morgan fingerprint density at radius 2 is 2.03 bits per heavy atom. The summed E-state index contributed by atoms with van der Waals surface area (Å²) in [6, 6.07) is 15.3. The molecule has 3 aromatic carbocycles. The van der Waals surface area contributed by atoms with Crippen LogP contribution in [0.3, 0.4) is 0 Å². The Balaban J connectivity index is 1.46. The van der Waals surface area contributed by atoms with E-state index < -0.39 is 10.8 Å². The molecular weight excluding hydrogens is 509 g/mol. The summed E-state index contributed by atoms with van der Waals surface area (Å²) in [5.41, 5.74) is 3.58. The molecule has 4 rings (SSSR count). The van der Waals surface area contributed by atoms with E-state index in [0.717, 1.165) is 4.70 Å². The molecule has 1 N–H and O–H groups in total. The van der Waals surface area contributed by atoms with E-state index in [1.165, 1.54) is 41.8 Å². The van der Waals surface area contributed by atoms with E-state index >= 15 is 0 Å². The van der Waals surface area contributed by atoms with Gasteiger partial charge in [0, 0.05) is 22.2 Å². The normalized spacial score (nSPS) is 11.1. The predicted octanol–water partition coefficient (Wildman–Crippen LogP) is 6.34. The first-order chi connectivity index (χ1) is 17.3. The monoisotopic (exact) mass is 527 g/mol. The third-order valence-electron chi connectivity index (χ3n) is 4.92. The van der Waals surface area contributed by atoms with Gasteiger partial charge in [-0.15, -0.1) is 11.3 Å². The van der Waals surface area contributed by atoms with Crippen LogP contribution >= 0.6 is 22.9 Å². The summed E-state index contributed by atoms with van der Waals surface area (Å²) in [6.07, 6.45) is 1.40. The van der Waals surface area contributed by atoms with Gasteiger partial charge in [-0.05, 0) is 54.4 Å². The van der Waals surface area contributed by atoms with E-state index in [2.05, 4.69) is 10.5 Å². The van der Waals surface area contributed by atoms with E-state index in [9.17, 15) is 19.3 Å². The first-order valence-electron chi connectivity index (χ1n) is 10.7. The Morgan fingerprint density at radius 1 is 1.19 bits per heavy atom. The van der Waals surface area contributed by atoms with E-state index in [0.29, 0.717) is 39.5 Å². The summed E-state index contributed by atoms with van der Waals surface area (Å²) in [5, 5.41) is 15.8. The van der Waals surface area contributed by atoms with Gasteiger partial charge in [-0.1, -0.05) is 23.7 Å². The van der Waals surface area contributed by atoms with Gasteiger partial charge in [0.15, 0.2) is 11.5 Å². The molecule has 0 saturated heterocycles. The molecule has 0 radical (unpaired) electrons. The number of nitrogens with zero attached hydrogens (tertiary/aromatic N) is 2. The minimum atomic E-state index is -0.486. The second-order valence-corrected chi connectivity index (χ2v) is 8.96. The maximum Gasteiger partial charge on any atom is 0.281 e. The molecule has 1 aromatic heterocycles. The number of fused-ring (bicyclic) bond motifs is 1. The van der Waals surface area contributed by atoms with Gasteiger partial charge in [0.05, 0.1) is 27.6 Å². The molecule has 11 heteroatoms. The number of non-ortho nitro benzene ring substituents is 1. The lowest BCUT2D eigenvalue weighted by molar-refractivity contribution is -0.384. The van der Waals surface area contributed by atoms with Gasteiger partial charge >= 0.3 is 0 Å². The molecule has 0 aliphatic rings. The molecule has 0 spiro atoms. The lowest BCUT2D eigenvalue weighted by atomic mass is 10.2. The zero-order chi connectivity index (χ0) is 25.7. The summed E-state index contributed by atoms with van der Waals surface area (Å²) in [7, 11) is 0. The van der Waals surface area contributed by atoms with E-state index in [1.54, 1.807) is 36.4 Å². The van der Waals surface area contributed by atoms with Crippen LogP contribution in [0.4, 0.5) is 10.1 Å². The molecule has 8 nitrogen and oxygen atoms in total. The Morgan fingerprint density at radius 3 is 2.78 bits per heavy atom. The van der Waals surface area contributed by atoms with Crippen LogP contribution < -0.4 is 14.9 Å². The van der Waals surface area contributed by atoms with Crippen molar-refractivity contribution in [3.05, 3.63) is 97.6 Å². The second-order valence-electron chi connectivity index (χ2n) is 7.47. The van der Waals surface area contributed by atoms with Crippen molar-refractivity contribution in [2.24, 2.45) is 5.10 Å². The van der Waals surface area contributed by atoms with Crippen LogP contribution in [-0.2, 0) is 6.61 Å². The number of ether oxygens (including phenoxy) is 2. The zero-order valence-electron chi connectivity index (χ0n) is 18.9. The van der Waals surface area contributed by atoms with E-state index in [4.69, 9.17) is 21.1 Å². The van der Waals surface area contributed by atoms with Crippen molar-refractivity contribution in [2.75, 3.05) is 6.61 Å². The van der Waals surface area contributed by atoms with Gasteiger partial charge in [0.1, 0.15) is 12.4 Å². The number of benzene rings is 3. The molecule has 0 aliphatic carbocycles. The number of rotatable bonds is 9. The number of nitrogens with one attached hydrogen (secondary N) is 1. The minimum Gasteiger partial charge on any atom is -0.490 e. The summed E-state index contributed by atoms with van der Waals surface area (Å²) in [6.45, 7) is 2.26. The SMILES string of the molecule is CCOc1cc(/C=N\NC(=O)c2cc3cc([N+](=O)[O-])ccc3s2)cc(Cl)c1OCc1cccc(F)c1. The third kappa shape index (κ3) is 5.96. The van der Waals surface area contributed by atoms with Crippen LogP contribution in [0.5, 0.6) is 11.5 Å². The maximum atomic E-state index is 13.4. The Labute approximate surface area is 214 Å². The van der Waals surface area contributed by atoms with Gasteiger partial charge in [0.2, 0.25) is 0 Å². The highest BCUT2D eigenvalue weighted by Gasteiger charge is 2.15. The zero-order valence-corrected chi connectivity index (χ0v) is 20.4. The van der Waals surface area contributed by atoms with Crippen molar-refractivity contribution in [1.82, 2.24) is 5.43 Å². The molecule has 0 atom stereocenters. The Hall–Kier alpha value is -4.02. The number of hydrogen-bond acceptors (Lipinski definition) is 7. The van der Waals surface area contributed by atoms with Crippen LogP contribution in [0.15, 0.2) is 65.8 Å². The first-order valence-corrected chi connectivity index (χ1v) is 11.9. The van der Waals surface area contributed by atoms with Gasteiger partial charge in [-0.25, -0.2) is 9.82 Å². The summed E-state index contributed by atoms with van der Waals surface area (Å²) in [4.78, 5) is 23.3. The molecule has 0 fully saturated rings. The standard InChI is InChI=1S/C25H19ClFN3O5S/c1-2-34-21-10-16(9-20(26)24(21)35-14-15-4-3-5-18(27)8-15)13-28-29-25(31)23-12-17-11-19(30(32)33)6-7-22(17)36-23/h3-13H,2,14H2,1H3,(H,29,31)/b28-13-. The van der Waals surface area contributed by atoms with Gasteiger partial charge in [-0.2, -0.15) is 5.10 Å². The fourth-order valence-corrected chi connectivity index (χ4v) is 4.53. The number of thiophene rings is 1. The first kappa shape index (κ1) is 25.1. The van der Waals surface area contributed by atoms with Crippen molar-refractivity contribution in [3.63, 3.8) is 0 Å². The molecule has 4 aromatic rings. The smallest absolute Gasteiger partial charge is 0.281 e. The number of nitro groups is 1. The van der Waals surface area contributed by atoms with Crippen molar-refractivity contribution in [2.45, 2.75) is 13.5 Å². The molecule has 0 bridgehead atoms. The molecule has 1 heterocycles. The third-order valence-corrected chi connectivity index (χ3v) is 6.31. The molecule has 0 aliphatic heterocycles. The summed E-state index contributed by atoms with van der Waals surface area (Å²) in [5.74, 6) is -0.136. The fourth-order valence-electron chi connectivity index (χ4n) is 3.32. The van der Waals surface area contributed by atoms with Gasteiger partial charge in [-0.3, -0.25) is 14.9 Å². The van der Waals surface area contributed by atoms with Crippen LogP contribution in [0, 0.1) is 15.9 Å². The number of hydrazone groups is 1. The maximum absolute atomic E-state index is 13.4. The fraction of sp³-hybridized carbons (Fsp3) is 0.120. The van der Waals surface area contributed by atoms with Crippen molar-refractivity contribution in [3.8, 4) is 11.5 Å². The van der Waals surface area contributed by atoms with E-state index in [1.807, 2.05) is 6.92 Å².